The van der Waals surface area contributed by atoms with Crippen LogP contribution in [0, 0.1) is 0 Å². The Kier molecular flexibility index (Phi) is 3.59. The van der Waals surface area contributed by atoms with Gasteiger partial charge in [-0.2, -0.15) is 10.1 Å². The second-order valence-corrected chi connectivity index (χ2v) is 5.10. The van der Waals surface area contributed by atoms with Crippen molar-refractivity contribution >= 4 is 0 Å². The van der Waals surface area contributed by atoms with E-state index in [4.69, 9.17) is 4.52 Å². The summed E-state index contributed by atoms with van der Waals surface area (Å²) in [6.45, 7) is 1.13. The molecule has 1 aliphatic heterocycles. The highest BCUT2D eigenvalue weighted by molar-refractivity contribution is 5.50. The first kappa shape index (κ1) is 12.3. The molecule has 19 heavy (non-hydrogen) atoms. The highest BCUT2D eigenvalue weighted by atomic mass is 16.5. The van der Waals surface area contributed by atoms with Crippen molar-refractivity contribution in [1.82, 2.24) is 25.2 Å². The maximum atomic E-state index is 5.29. The van der Waals surface area contributed by atoms with Gasteiger partial charge in [0.05, 0.1) is 11.8 Å². The van der Waals surface area contributed by atoms with E-state index in [0.717, 1.165) is 24.9 Å². The van der Waals surface area contributed by atoms with Gasteiger partial charge in [-0.05, 0) is 25.8 Å². The summed E-state index contributed by atoms with van der Waals surface area (Å²) >= 11 is 0. The lowest BCUT2D eigenvalue weighted by molar-refractivity contribution is 0.342. The zero-order valence-electron chi connectivity index (χ0n) is 11.2. The van der Waals surface area contributed by atoms with Crippen LogP contribution in [0.15, 0.2) is 16.9 Å². The Labute approximate surface area is 112 Å². The molecule has 0 aromatic carbocycles. The van der Waals surface area contributed by atoms with Crippen molar-refractivity contribution in [2.24, 2.45) is 7.05 Å². The molecule has 102 valence electrons. The molecule has 0 radical (unpaired) electrons. The lowest BCUT2D eigenvalue weighted by atomic mass is 10.0. The van der Waals surface area contributed by atoms with E-state index in [0.29, 0.717) is 17.8 Å². The van der Waals surface area contributed by atoms with Gasteiger partial charge in [0.1, 0.15) is 0 Å². The Morgan fingerprint density at radius 1 is 1.47 bits per heavy atom. The molecule has 0 amide bonds. The Hall–Kier alpha value is -1.69. The monoisotopic (exact) mass is 261 g/mol. The molecule has 1 aliphatic rings. The summed E-state index contributed by atoms with van der Waals surface area (Å²) in [4.78, 5) is 4.42. The number of rotatable bonds is 4. The van der Waals surface area contributed by atoms with Gasteiger partial charge in [-0.25, -0.2) is 0 Å². The fraction of sp³-hybridized carbons (Fsp3) is 0.615. The predicted octanol–water partition coefficient (Wildman–Crippen LogP) is 1.54. The minimum atomic E-state index is 0.600. The van der Waals surface area contributed by atoms with Gasteiger partial charge >= 0.3 is 0 Å². The molecule has 0 bridgehead atoms. The third-order valence-corrected chi connectivity index (χ3v) is 3.55. The van der Waals surface area contributed by atoms with Crippen LogP contribution in [0.25, 0.3) is 11.4 Å². The van der Waals surface area contributed by atoms with E-state index in [1.165, 1.54) is 19.3 Å². The van der Waals surface area contributed by atoms with Gasteiger partial charge in [0.2, 0.25) is 11.7 Å². The average Bonchev–Trinajstić information content (AvgIpc) is 3.06. The predicted molar refractivity (Wildman–Crippen MR) is 70.5 cm³/mol. The molecule has 1 unspecified atom stereocenters. The number of nitrogens with zero attached hydrogens (tertiary/aromatic N) is 4. The van der Waals surface area contributed by atoms with Crippen LogP contribution in [-0.4, -0.2) is 32.5 Å². The maximum Gasteiger partial charge on any atom is 0.227 e. The normalized spacial score (nSPS) is 19.7. The van der Waals surface area contributed by atoms with E-state index in [2.05, 4.69) is 20.6 Å². The van der Waals surface area contributed by atoms with Gasteiger partial charge in [-0.1, -0.05) is 11.6 Å². The van der Waals surface area contributed by atoms with Gasteiger partial charge in [-0.3, -0.25) is 4.68 Å². The molecule has 6 nitrogen and oxygen atoms in total. The van der Waals surface area contributed by atoms with Crippen LogP contribution in [0.5, 0.6) is 0 Å². The second-order valence-electron chi connectivity index (χ2n) is 5.10. The largest absolute Gasteiger partial charge is 0.339 e. The van der Waals surface area contributed by atoms with E-state index >= 15 is 0 Å². The third kappa shape index (κ3) is 3.01. The Bertz CT molecular complexity index is 527. The number of aryl methyl sites for hydroxylation is 2. The molecule has 2 aromatic rings. The van der Waals surface area contributed by atoms with Crippen LogP contribution >= 0.6 is 0 Å². The summed E-state index contributed by atoms with van der Waals surface area (Å²) in [5, 5.41) is 11.6. The van der Waals surface area contributed by atoms with E-state index < -0.39 is 0 Å². The molecule has 0 saturated carbocycles. The fourth-order valence-corrected chi connectivity index (χ4v) is 2.48. The number of piperidine rings is 1. The molecule has 1 N–H and O–H groups in total. The average molecular weight is 261 g/mol. The number of aromatic nitrogens is 4. The second kappa shape index (κ2) is 5.52. The van der Waals surface area contributed by atoms with Crippen molar-refractivity contribution in [3.63, 3.8) is 0 Å². The summed E-state index contributed by atoms with van der Waals surface area (Å²) < 4.78 is 7.03. The van der Waals surface area contributed by atoms with Crippen molar-refractivity contribution in [3.05, 3.63) is 18.3 Å². The molecule has 1 atom stereocenters. The molecule has 0 aliphatic carbocycles. The molecule has 6 heteroatoms. The smallest absolute Gasteiger partial charge is 0.227 e. The van der Waals surface area contributed by atoms with Crippen molar-refractivity contribution in [2.75, 3.05) is 6.54 Å². The van der Waals surface area contributed by atoms with Gasteiger partial charge in [0.15, 0.2) is 0 Å². The molecular formula is C13H19N5O. The van der Waals surface area contributed by atoms with Crippen LogP contribution < -0.4 is 5.32 Å². The summed E-state index contributed by atoms with van der Waals surface area (Å²) in [7, 11) is 1.87. The zero-order chi connectivity index (χ0) is 13.1. The molecule has 2 aromatic heterocycles. The first-order valence-corrected chi connectivity index (χ1v) is 6.86. The first-order chi connectivity index (χ1) is 9.31. The maximum absolute atomic E-state index is 5.29. The minimum Gasteiger partial charge on any atom is -0.339 e. The van der Waals surface area contributed by atoms with E-state index in [1.807, 2.05) is 13.2 Å². The lowest BCUT2D eigenvalue weighted by Gasteiger charge is -2.22. The SMILES string of the molecule is Cn1cc(-c2noc(CCC3CCCCN3)n2)cn1. The molecule has 3 heterocycles. The van der Waals surface area contributed by atoms with Gasteiger partial charge in [0, 0.05) is 25.7 Å². The van der Waals surface area contributed by atoms with Crippen LogP contribution in [0.2, 0.25) is 0 Å². The van der Waals surface area contributed by atoms with Crippen molar-refractivity contribution in [3.8, 4) is 11.4 Å². The lowest BCUT2D eigenvalue weighted by Crippen LogP contribution is -2.34. The third-order valence-electron chi connectivity index (χ3n) is 3.55. The molecular weight excluding hydrogens is 242 g/mol. The zero-order valence-corrected chi connectivity index (χ0v) is 11.2. The summed E-state index contributed by atoms with van der Waals surface area (Å²) in [5.74, 6) is 1.34. The van der Waals surface area contributed by atoms with Crippen LogP contribution in [0.3, 0.4) is 0 Å². The van der Waals surface area contributed by atoms with Crippen molar-refractivity contribution in [2.45, 2.75) is 38.1 Å². The van der Waals surface area contributed by atoms with Crippen LogP contribution in [-0.2, 0) is 13.5 Å². The van der Waals surface area contributed by atoms with E-state index in [1.54, 1.807) is 10.9 Å². The highest BCUT2D eigenvalue weighted by Crippen LogP contribution is 2.16. The van der Waals surface area contributed by atoms with Crippen molar-refractivity contribution < 1.29 is 4.52 Å². The van der Waals surface area contributed by atoms with Crippen LogP contribution in [0.1, 0.15) is 31.6 Å². The number of nitrogens with one attached hydrogen (secondary N) is 1. The minimum absolute atomic E-state index is 0.600. The highest BCUT2D eigenvalue weighted by Gasteiger charge is 2.15. The standard InChI is InChI=1S/C13H19N5O/c1-18-9-10(8-15-18)13-16-12(19-17-13)6-5-11-4-2-3-7-14-11/h8-9,11,14H,2-7H2,1H3. The van der Waals surface area contributed by atoms with E-state index in [9.17, 15) is 0 Å². The quantitative estimate of drug-likeness (QED) is 0.904. The summed E-state index contributed by atoms with van der Waals surface area (Å²) in [5.41, 5.74) is 0.897. The molecule has 0 spiro atoms. The molecule has 1 fully saturated rings. The van der Waals surface area contributed by atoms with Crippen molar-refractivity contribution in [1.29, 1.82) is 0 Å². The van der Waals surface area contributed by atoms with Gasteiger partial charge < -0.3 is 9.84 Å². The fourth-order valence-electron chi connectivity index (χ4n) is 2.48. The molecule has 3 rings (SSSR count). The summed E-state index contributed by atoms with van der Waals surface area (Å²) in [6, 6.07) is 0.600. The Balaban J connectivity index is 1.58. The number of hydrogen-bond donors (Lipinski definition) is 1. The van der Waals surface area contributed by atoms with Gasteiger partial charge in [-0.15, -0.1) is 0 Å². The van der Waals surface area contributed by atoms with Crippen LogP contribution in [0.4, 0.5) is 0 Å². The summed E-state index contributed by atoms with van der Waals surface area (Å²) in [6.07, 6.45) is 9.41. The van der Waals surface area contributed by atoms with Gasteiger partial charge in [0.25, 0.3) is 0 Å². The Morgan fingerprint density at radius 3 is 3.16 bits per heavy atom. The molecule has 1 saturated heterocycles. The number of hydrogen-bond acceptors (Lipinski definition) is 5. The topological polar surface area (TPSA) is 68.8 Å². The Morgan fingerprint density at radius 2 is 2.42 bits per heavy atom. The first-order valence-electron chi connectivity index (χ1n) is 6.86. The van der Waals surface area contributed by atoms with E-state index in [-0.39, 0.29) is 0 Å².